The fourth-order valence-electron chi connectivity index (χ4n) is 2.96. The number of nitrogens with one attached hydrogen (secondary N) is 3. The molecule has 3 amide bonds. The first-order chi connectivity index (χ1) is 14.0. The third-order valence-electron chi connectivity index (χ3n) is 4.21. The van der Waals surface area contributed by atoms with Crippen LogP contribution < -0.4 is 20.7 Å². The summed E-state index contributed by atoms with van der Waals surface area (Å²) in [7, 11) is 0. The molecule has 0 atom stereocenters. The minimum absolute atomic E-state index is 0.192. The van der Waals surface area contributed by atoms with Gasteiger partial charge in [0.1, 0.15) is 5.75 Å². The van der Waals surface area contributed by atoms with Crippen LogP contribution in [0.5, 0.6) is 5.75 Å². The lowest BCUT2D eigenvalue weighted by atomic mass is 10.1. The highest BCUT2D eigenvalue weighted by Crippen LogP contribution is 2.23. The second-order valence-corrected chi connectivity index (χ2v) is 6.87. The molecule has 0 aliphatic carbocycles. The van der Waals surface area contributed by atoms with Crippen molar-refractivity contribution in [2.24, 2.45) is 0 Å². The monoisotopic (exact) mass is 423 g/mol. The number of alkyl halides is 3. The Morgan fingerprint density at radius 2 is 1.57 bits per heavy atom. The minimum Gasteiger partial charge on any atom is -0.406 e. The molecule has 2 aromatic rings. The van der Waals surface area contributed by atoms with Crippen molar-refractivity contribution in [3.05, 3.63) is 58.7 Å². The SMILES string of the molecule is Cc1cc(C)c(NC(=O)CNC(=O)NCCc2ccc(OC(F)(F)F)cc2)c(C)c1. The van der Waals surface area contributed by atoms with Gasteiger partial charge in [0.25, 0.3) is 0 Å². The molecule has 0 bridgehead atoms. The van der Waals surface area contributed by atoms with Gasteiger partial charge in [-0.25, -0.2) is 4.79 Å². The van der Waals surface area contributed by atoms with Crippen molar-refractivity contribution in [1.29, 1.82) is 0 Å². The van der Waals surface area contributed by atoms with Crippen LogP contribution in [0.2, 0.25) is 0 Å². The van der Waals surface area contributed by atoms with Crippen LogP contribution in [0, 0.1) is 20.8 Å². The molecule has 0 aliphatic rings. The van der Waals surface area contributed by atoms with E-state index in [4.69, 9.17) is 0 Å². The summed E-state index contributed by atoms with van der Waals surface area (Å²) < 4.78 is 40.2. The number of urea groups is 1. The summed E-state index contributed by atoms with van der Waals surface area (Å²) in [5.74, 6) is -0.650. The van der Waals surface area contributed by atoms with E-state index in [2.05, 4.69) is 20.7 Å². The molecular weight excluding hydrogens is 399 g/mol. The first-order valence-electron chi connectivity index (χ1n) is 9.27. The number of halogens is 3. The summed E-state index contributed by atoms with van der Waals surface area (Å²) in [5, 5.41) is 7.85. The molecule has 0 aromatic heterocycles. The minimum atomic E-state index is -4.73. The molecular formula is C21H24F3N3O3. The van der Waals surface area contributed by atoms with Crippen LogP contribution in [-0.4, -0.2) is 31.4 Å². The average molecular weight is 423 g/mol. The highest BCUT2D eigenvalue weighted by atomic mass is 19.4. The number of rotatable bonds is 7. The lowest BCUT2D eigenvalue weighted by Gasteiger charge is -2.13. The van der Waals surface area contributed by atoms with Crippen molar-refractivity contribution in [1.82, 2.24) is 10.6 Å². The highest BCUT2D eigenvalue weighted by Gasteiger charge is 2.30. The van der Waals surface area contributed by atoms with Gasteiger partial charge in [-0.15, -0.1) is 13.2 Å². The molecule has 3 N–H and O–H groups in total. The van der Waals surface area contributed by atoms with Crippen LogP contribution in [0.4, 0.5) is 23.7 Å². The van der Waals surface area contributed by atoms with E-state index in [1.165, 1.54) is 24.3 Å². The van der Waals surface area contributed by atoms with Crippen molar-refractivity contribution in [2.45, 2.75) is 33.6 Å². The molecule has 2 rings (SSSR count). The predicted molar refractivity (Wildman–Crippen MR) is 108 cm³/mol. The number of carbonyl (C=O) groups excluding carboxylic acids is 2. The molecule has 0 fully saturated rings. The van der Waals surface area contributed by atoms with Gasteiger partial charge in [0.15, 0.2) is 0 Å². The molecule has 0 heterocycles. The van der Waals surface area contributed by atoms with Crippen molar-refractivity contribution in [2.75, 3.05) is 18.4 Å². The lowest BCUT2D eigenvalue weighted by molar-refractivity contribution is -0.274. The summed E-state index contributed by atoms with van der Waals surface area (Å²) in [4.78, 5) is 23.9. The molecule has 0 aliphatic heterocycles. The van der Waals surface area contributed by atoms with Crippen molar-refractivity contribution >= 4 is 17.6 Å². The number of carbonyl (C=O) groups is 2. The fourth-order valence-corrected chi connectivity index (χ4v) is 2.96. The molecule has 2 aromatic carbocycles. The maximum atomic E-state index is 12.1. The molecule has 0 saturated carbocycles. The van der Waals surface area contributed by atoms with Gasteiger partial charge in [0.2, 0.25) is 5.91 Å². The Labute approximate surface area is 172 Å². The Balaban J connectivity index is 1.72. The summed E-state index contributed by atoms with van der Waals surface area (Å²) in [6, 6.07) is 8.81. The Bertz CT molecular complexity index is 874. The zero-order valence-electron chi connectivity index (χ0n) is 16.9. The molecule has 0 saturated heterocycles. The highest BCUT2D eigenvalue weighted by molar-refractivity contribution is 5.95. The smallest absolute Gasteiger partial charge is 0.406 e. The van der Waals surface area contributed by atoms with E-state index in [0.29, 0.717) is 6.42 Å². The van der Waals surface area contributed by atoms with Gasteiger partial charge in [0, 0.05) is 12.2 Å². The number of aryl methyl sites for hydroxylation is 3. The Morgan fingerprint density at radius 3 is 2.13 bits per heavy atom. The standard InChI is InChI=1S/C21H24F3N3O3/c1-13-10-14(2)19(15(3)11-13)27-18(28)12-26-20(29)25-9-8-16-4-6-17(7-5-16)30-21(22,23)24/h4-7,10-11H,8-9,12H2,1-3H3,(H,27,28)(H2,25,26,29). The van der Waals surface area contributed by atoms with Crippen molar-refractivity contribution in [3.63, 3.8) is 0 Å². The van der Waals surface area contributed by atoms with Crippen molar-refractivity contribution in [3.8, 4) is 5.75 Å². The summed E-state index contributed by atoms with van der Waals surface area (Å²) in [6.45, 7) is 5.84. The van der Waals surface area contributed by atoms with E-state index in [9.17, 15) is 22.8 Å². The van der Waals surface area contributed by atoms with Crippen LogP contribution in [0.3, 0.4) is 0 Å². The molecule has 6 nitrogen and oxygen atoms in total. The second kappa shape index (κ2) is 10.00. The van der Waals surface area contributed by atoms with Crippen LogP contribution in [0.1, 0.15) is 22.3 Å². The number of amides is 3. The third-order valence-corrected chi connectivity index (χ3v) is 4.21. The van der Waals surface area contributed by atoms with Gasteiger partial charge in [-0.05, 0) is 56.0 Å². The van der Waals surface area contributed by atoms with E-state index < -0.39 is 12.4 Å². The van der Waals surface area contributed by atoms with Gasteiger partial charge in [0.05, 0.1) is 6.54 Å². The third kappa shape index (κ3) is 7.65. The maximum absolute atomic E-state index is 12.1. The summed E-state index contributed by atoms with van der Waals surface area (Å²) >= 11 is 0. The van der Waals surface area contributed by atoms with Crippen LogP contribution in [0.15, 0.2) is 36.4 Å². The molecule has 0 spiro atoms. The Hall–Kier alpha value is -3.23. The number of benzene rings is 2. The van der Waals surface area contributed by atoms with Crippen molar-refractivity contribution < 1.29 is 27.5 Å². The van der Waals surface area contributed by atoms with Gasteiger partial charge < -0.3 is 20.7 Å². The van der Waals surface area contributed by atoms with Gasteiger partial charge in [-0.3, -0.25) is 4.79 Å². The number of anilines is 1. The normalized spacial score (nSPS) is 11.0. The quantitative estimate of drug-likeness (QED) is 0.630. The average Bonchev–Trinajstić information content (AvgIpc) is 2.63. The molecule has 0 radical (unpaired) electrons. The topological polar surface area (TPSA) is 79.5 Å². The first-order valence-corrected chi connectivity index (χ1v) is 9.27. The fraction of sp³-hybridized carbons (Fsp3) is 0.333. The van der Waals surface area contributed by atoms with Gasteiger partial charge >= 0.3 is 12.4 Å². The van der Waals surface area contributed by atoms with Crippen LogP contribution >= 0.6 is 0 Å². The number of hydrogen-bond acceptors (Lipinski definition) is 3. The van der Waals surface area contributed by atoms with E-state index in [1.54, 1.807) is 0 Å². The Kier molecular flexibility index (Phi) is 7.68. The molecule has 30 heavy (non-hydrogen) atoms. The lowest BCUT2D eigenvalue weighted by Crippen LogP contribution is -2.40. The summed E-state index contributed by atoms with van der Waals surface area (Å²) in [5.41, 5.74) is 4.44. The van der Waals surface area contributed by atoms with Gasteiger partial charge in [-0.2, -0.15) is 0 Å². The van der Waals surface area contributed by atoms with Crippen LogP contribution in [0.25, 0.3) is 0 Å². The largest absolute Gasteiger partial charge is 0.573 e. The molecule has 162 valence electrons. The zero-order valence-corrected chi connectivity index (χ0v) is 16.9. The van der Waals surface area contributed by atoms with E-state index in [-0.39, 0.29) is 24.7 Å². The van der Waals surface area contributed by atoms with E-state index in [0.717, 1.165) is 27.9 Å². The summed E-state index contributed by atoms with van der Waals surface area (Å²) in [6.07, 6.45) is -4.32. The predicted octanol–water partition coefficient (Wildman–Crippen LogP) is 3.99. The maximum Gasteiger partial charge on any atom is 0.573 e. The zero-order chi connectivity index (χ0) is 22.3. The Morgan fingerprint density at radius 1 is 0.967 bits per heavy atom. The number of ether oxygens (including phenoxy) is 1. The van der Waals surface area contributed by atoms with E-state index in [1.807, 2.05) is 32.9 Å². The number of hydrogen-bond donors (Lipinski definition) is 3. The molecule has 9 heteroatoms. The van der Waals surface area contributed by atoms with E-state index >= 15 is 0 Å². The first kappa shape index (κ1) is 23.1. The van der Waals surface area contributed by atoms with Crippen LogP contribution in [-0.2, 0) is 11.2 Å². The second-order valence-electron chi connectivity index (χ2n) is 6.87. The van der Waals surface area contributed by atoms with Gasteiger partial charge in [-0.1, -0.05) is 29.8 Å². The molecule has 0 unspecified atom stereocenters.